The molecule has 2 nitrogen and oxygen atoms in total. The number of alkyl halides is 3. The van der Waals surface area contributed by atoms with Gasteiger partial charge < -0.3 is 9.67 Å². The first-order chi connectivity index (χ1) is 8.90. The molecule has 0 spiro atoms. The van der Waals surface area contributed by atoms with E-state index in [-0.39, 0.29) is 13.2 Å². The zero-order chi connectivity index (χ0) is 14.0. The van der Waals surface area contributed by atoms with E-state index in [1.165, 1.54) is 0 Å². The van der Waals surface area contributed by atoms with Gasteiger partial charge in [-0.05, 0) is 24.1 Å². The van der Waals surface area contributed by atoms with Crippen molar-refractivity contribution in [2.24, 2.45) is 0 Å². The third-order valence-electron chi connectivity index (χ3n) is 2.94. The number of benzene rings is 1. The summed E-state index contributed by atoms with van der Waals surface area (Å²) in [7, 11) is 0. The standard InChI is InChI=1S/C13H13BrF3NO/c14-10-1-2-11-9(3-6-19)8-18(12(11)7-10)5-4-13(15,16)17/h1-2,7-8,19H,3-6H2. The summed E-state index contributed by atoms with van der Waals surface area (Å²) in [5.74, 6) is 0. The normalized spacial score (nSPS) is 12.3. The van der Waals surface area contributed by atoms with Crippen LogP contribution in [0.25, 0.3) is 10.9 Å². The molecule has 1 N–H and O–H groups in total. The highest BCUT2D eigenvalue weighted by Crippen LogP contribution is 2.27. The Hall–Kier alpha value is -1.01. The van der Waals surface area contributed by atoms with Crippen LogP contribution in [0.1, 0.15) is 12.0 Å². The average Bonchev–Trinajstić information content (AvgIpc) is 2.64. The second kappa shape index (κ2) is 5.54. The molecule has 104 valence electrons. The minimum Gasteiger partial charge on any atom is -0.396 e. The van der Waals surface area contributed by atoms with Crippen LogP contribution in [0.5, 0.6) is 0 Å². The van der Waals surface area contributed by atoms with Gasteiger partial charge in [-0.3, -0.25) is 0 Å². The Bertz CT molecular complexity index is 577. The highest BCUT2D eigenvalue weighted by molar-refractivity contribution is 9.10. The molecule has 0 saturated heterocycles. The van der Waals surface area contributed by atoms with E-state index in [9.17, 15) is 13.2 Å². The van der Waals surface area contributed by atoms with Crippen molar-refractivity contribution >= 4 is 26.8 Å². The fourth-order valence-corrected chi connectivity index (χ4v) is 2.44. The monoisotopic (exact) mass is 335 g/mol. The molecule has 0 fully saturated rings. The topological polar surface area (TPSA) is 25.2 Å². The summed E-state index contributed by atoms with van der Waals surface area (Å²) >= 11 is 3.32. The molecule has 0 saturated carbocycles. The van der Waals surface area contributed by atoms with Crippen LogP contribution in [0.2, 0.25) is 0 Å². The van der Waals surface area contributed by atoms with Gasteiger partial charge in [0.1, 0.15) is 0 Å². The number of hydrogen-bond donors (Lipinski definition) is 1. The van der Waals surface area contributed by atoms with Crippen LogP contribution < -0.4 is 0 Å². The summed E-state index contributed by atoms with van der Waals surface area (Å²) in [6, 6.07) is 5.50. The first-order valence-corrected chi connectivity index (χ1v) is 6.65. The average molecular weight is 336 g/mol. The Morgan fingerprint density at radius 3 is 2.63 bits per heavy atom. The van der Waals surface area contributed by atoms with E-state index in [1.807, 2.05) is 12.1 Å². The molecule has 0 aliphatic heterocycles. The molecule has 0 atom stereocenters. The van der Waals surface area contributed by atoms with Crippen molar-refractivity contribution < 1.29 is 18.3 Å². The van der Waals surface area contributed by atoms with Crippen molar-refractivity contribution in [2.75, 3.05) is 6.61 Å². The number of rotatable bonds is 4. The van der Waals surface area contributed by atoms with Gasteiger partial charge in [0.25, 0.3) is 0 Å². The van der Waals surface area contributed by atoms with Gasteiger partial charge in [-0.15, -0.1) is 0 Å². The predicted octanol–water partition coefficient (Wildman–Crippen LogP) is 3.89. The van der Waals surface area contributed by atoms with Crippen LogP contribution in [0.15, 0.2) is 28.9 Å². The number of aliphatic hydroxyl groups is 1. The number of nitrogens with zero attached hydrogens (tertiary/aromatic N) is 1. The third kappa shape index (κ3) is 3.51. The van der Waals surface area contributed by atoms with Crippen molar-refractivity contribution in [1.29, 1.82) is 0 Å². The van der Waals surface area contributed by atoms with Gasteiger partial charge in [0.15, 0.2) is 0 Å². The number of fused-ring (bicyclic) bond motifs is 1. The number of hydrogen-bond acceptors (Lipinski definition) is 1. The van der Waals surface area contributed by atoms with Crippen molar-refractivity contribution in [2.45, 2.75) is 25.6 Å². The Balaban J connectivity index is 2.39. The number of halogens is 4. The van der Waals surface area contributed by atoms with Crippen LogP contribution in [0.3, 0.4) is 0 Å². The lowest BCUT2D eigenvalue weighted by atomic mass is 10.1. The van der Waals surface area contributed by atoms with Gasteiger partial charge >= 0.3 is 6.18 Å². The highest BCUT2D eigenvalue weighted by atomic mass is 79.9. The van der Waals surface area contributed by atoms with Crippen LogP contribution in [0.4, 0.5) is 13.2 Å². The summed E-state index contributed by atoms with van der Waals surface area (Å²) in [5, 5.41) is 9.89. The van der Waals surface area contributed by atoms with Crippen molar-refractivity contribution in [3.63, 3.8) is 0 Å². The first kappa shape index (κ1) is 14.4. The molecule has 0 radical (unpaired) electrons. The molecule has 2 rings (SSSR count). The van der Waals surface area contributed by atoms with Crippen LogP contribution in [0, 0.1) is 0 Å². The summed E-state index contributed by atoms with van der Waals surface area (Å²) < 4.78 is 39.4. The van der Waals surface area contributed by atoms with Crippen LogP contribution in [-0.2, 0) is 13.0 Å². The molecule has 1 aromatic carbocycles. The van der Waals surface area contributed by atoms with Crippen molar-refractivity contribution in [1.82, 2.24) is 4.57 Å². The van der Waals surface area contributed by atoms with Crippen LogP contribution in [-0.4, -0.2) is 22.5 Å². The maximum absolute atomic E-state index is 12.3. The van der Waals surface area contributed by atoms with Gasteiger partial charge in [0.2, 0.25) is 0 Å². The SMILES string of the molecule is OCCc1cn(CCC(F)(F)F)c2cc(Br)ccc12. The van der Waals surface area contributed by atoms with Gasteiger partial charge in [-0.2, -0.15) is 13.2 Å². The number of aromatic nitrogens is 1. The van der Waals surface area contributed by atoms with Gasteiger partial charge in [0, 0.05) is 34.7 Å². The summed E-state index contributed by atoms with van der Waals surface area (Å²) in [5.41, 5.74) is 1.62. The quantitative estimate of drug-likeness (QED) is 0.900. The van der Waals surface area contributed by atoms with Crippen LogP contribution >= 0.6 is 15.9 Å². The Morgan fingerprint density at radius 1 is 1.26 bits per heavy atom. The maximum Gasteiger partial charge on any atom is 0.390 e. The highest BCUT2D eigenvalue weighted by Gasteiger charge is 2.27. The lowest BCUT2D eigenvalue weighted by molar-refractivity contribution is -0.136. The maximum atomic E-state index is 12.3. The van der Waals surface area contributed by atoms with E-state index < -0.39 is 12.6 Å². The van der Waals surface area contributed by atoms with Crippen molar-refractivity contribution in [3.8, 4) is 0 Å². The molecule has 19 heavy (non-hydrogen) atoms. The minimum absolute atomic E-state index is 0.0194. The van der Waals surface area contributed by atoms with E-state index >= 15 is 0 Å². The van der Waals surface area contributed by atoms with E-state index in [0.717, 1.165) is 20.9 Å². The lowest BCUT2D eigenvalue weighted by Gasteiger charge is -2.08. The van der Waals surface area contributed by atoms with E-state index in [4.69, 9.17) is 5.11 Å². The molecule has 0 amide bonds. The first-order valence-electron chi connectivity index (χ1n) is 5.85. The molecule has 0 bridgehead atoms. The van der Waals surface area contributed by atoms with Gasteiger partial charge in [-0.25, -0.2) is 0 Å². The van der Waals surface area contributed by atoms with Gasteiger partial charge in [0.05, 0.1) is 6.42 Å². The van der Waals surface area contributed by atoms with E-state index in [2.05, 4.69) is 15.9 Å². The molecule has 0 unspecified atom stereocenters. The fourth-order valence-electron chi connectivity index (χ4n) is 2.09. The molecule has 6 heteroatoms. The molecule has 2 aromatic rings. The third-order valence-corrected chi connectivity index (χ3v) is 3.44. The number of aryl methyl sites for hydroxylation is 1. The lowest BCUT2D eigenvalue weighted by Crippen LogP contribution is -2.11. The molecular formula is C13H13BrF3NO. The summed E-state index contributed by atoms with van der Waals surface area (Å²) in [6.45, 7) is -0.129. The minimum atomic E-state index is -4.17. The second-order valence-electron chi connectivity index (χ2n) is 4.35. The Morgan fingerprint density at radius 2 is 2.00 bits per heavy atom. The van der Waals surface area contributed by atoms with Crippen molar-refractivity contribution in [3.05, 3.63) is 34.4 Å². The largest absolute Gasteiger partial charge is 0.396 e. The molecule has 1 heterocycles. The zero-order valence-corrected chi connectivity index (χ0v) is 11.6. The summed E-state index contributed by atoms with van der Waals surface area (Å²) in [6.07, 6.45) is -2.89. The zero-order valence-electron chi connectivity index (χ0n) is 10.0. The Kier molecular flexibility index (Phi) is 4.20. The second-order valence-corrected chi connectivity index (χ2v) is 5.26. The molecule has 0 aliphatic carbocycles. The molecular weight excluding hydrogens is 323 g/mol. The molecule has 1 aromatic heterocycles. The summed E-state index contributed by atoms with van der Waals surface area (Å²) in [4.78, 5) is 0. The fraction of sp³-hybridized carbons (Fsp3) is 0.385. The Labute approximate surface area is 117 Å². The van der Waals surface area contributed by atoms with Gasteiger partial charge in [-0.1, -0.05) is 22.0 Å². The molecule has 0 aliphatic rings. The van der Waals surface area contributed by atoms with E-state index in [1.54, 1.807) is 16.8 Å². The predicted molar refractivity (Wildman–Crippen MR) is 71.1 cm³/mol. The number of aliphatic hydroxyl groups excluding tert-OH is 1. The smallest absolute Gasteiger partial charge is 0.390 e. The van der Waals surface area contributed by atoms with E-state index in [0.29, 0.717) is 6.42 Å².